The summed E-state index contributed by atoms with van der Waals surface area (Å²) in [5, 5.41) is 3.11. The van der Waals surface area contributed by atoms with Crippen LogP contribution in [0.3, 0.4) is 0 Å². The van der Waals surface area contributed by atoms with Crippen LogP contribution in [0.25, 0.3) is 0 Å². The maximum atomic E-state index is 12.0. The van der Waals surface area contributed by atoms with E-state index in [2.05, 4.69) is 10.3 Å². The van der Waals surface area contributed by atoms with Gasteiger partial charge in [-0.05, 0) is 12.1 Å². The Bertz CT molecular complexity index is 689. The van der Waals surface area contributed by atoms with Crippen molar-refractivity contribution in [2.45, 2.75) is 6.42 Å². The van der Waals surface area contributed by atoms with Crippen molar-refractivity contribution in [1.29, 1.82) is 0 Å². The van der Waals surface area contributed by atoms with Gasteiger partial charge in [-0.1, -0.05) is 11.6 Å². The lowest BCUT2D eigenvalue weighted by atomic mass is 10.2. The molecule has 108 valence electrons. The number of nitrogens with one attached hydrogen (secondary N) is 1. The number of hydrogen-bond donors (Lipinski definition) is 2. The van der Waals surface area contributed by atoms with Crippen LogP contribution in [-0.2, 0) is 11.2 Å². The molecule has 0 aliphatic carbocycles. The number of anilines is 2. The van der Waals surface area contributed by atoms with E-state index in [0.717, 1.165) is 0 Å². The third-order valence-electron chi connectivity index (χ3n) is 2.93. The standard InChI is InChI=1S/C14H12ClN3O3/c15-10-4-12-13(21-7-20-12)5-11(10)18-14(19)3-9-2-1-8(16)6-17-9/h1-2,4-6H,3,7,16H2,(H,18,19). The molecule has 0 saturated carbocycles. The highest BCUT2D eigenvalue weighted by molar-refractivity contribution is 6.34. The second-order valence-electron chi connectivity index (χ2n) is 4.49. The van der Waals surface area contributed by atoms with Crippen molar-refractivity contribution in [2.75, 3.05) is 17.8 Å². The van der Waals surface area contributed by atoms with Gasteiger partial charge < -0.3 is 20.5 Å². The largest absolute Gasteiger partial charge is 0.454 e. The van der Waals surface area contributed by atoms with E-state index >= 15 is 0 Å². The summed E-state index contributed by atoms with van der Waals surface area (Å²) in [7, 11) is 0. The molecular formula is C14H12ClN3O3. The van der Waals surface area contributed by atoms with Gasteiger partial charge in [0.2, 0.25) is 12.7 Å². The fourth-order valence-electron chi connectivity index (χ4n) is 1.91. The quantitative estimate of drug-likeness (QED) is 0.908. The average Bonchev–Trinajstić information content (AvgIpc) is 2.89. The number of hydrogen-bond acceptors (Lipinski definition) is 5. The first-order valence-corrected chi connectivity index (χ1v) is 6.59. The van der Waals surface area contributed by atoms with Gasteiger partial charge in [0, 0.05) is 17.8 Å². The van der Waals surface area contributed by atoms with E-state index in [9.17, 15) is 4.79 Å². The smallest absolute Gasteiger partial charge is 0.231 e. The molecule has 2 heterocycles. The summed E-state index contributed by atoms with van der Waals surface area (Å²) in [5.41, 5.74) is 7.20. The number of fused-ring (bicyclic) bond motifs is 1. The third-order valence-corrected chi connectivity index (χ3v) is 3.24. The minimum absolute atomic E-state index is 0.130. The zero-order valence-electron chi connectivity index (χ0n) is 10.9. The third kappa shape index (κ3) is 3.00. The molecule has 21 heavy (non-hydrogen) atoms. The molecule has 1 aliphatic rings. The molecule has 3 rings (SSSR count). The number of nitrogens with two attached hydrogens (primary N) is 1. The minimum atomic E-state index is -0.229. The molecule has 1 aliphatic heterocycles. The van der Waals surface area contributed by atoms with Crippen molar-refractivity contribution in [3.63, 3.8) is 0 Å². The second-order valence-corrected chi connectivity index (χ2v) is 4.90. The van der Waals surface area contributed by atoms with Gasteiger partial charge in [-0.2, -0.15) is 0 Å². The van der Waals surface area contributed by atoms with Crippen LogP contribution in [0, 0.1) is 0 Å². The van der Waals surface area contributed by atoms with Crippen molar-refractivity contribution in [2.24, 2.45) is 0 Å². The van der Waals surface area contributed by atoms with Crippen molar-refractivity contribution in [1.82, 2.24) is 4.98 Å². The van der Waals surface area contributed by atoms with Gasteiger partial charge in [0.25, 0.3) is 0 Å². The van der Waals surface area contributed by atoms with Gasteiger partial charge >= 0.3 is 0 Å². The summed E-state index contributed by atoms with van der Waals surface area (Å²) >= 11 is 6.09. The Morgan fingerprint density at radius 3 is 2.81 bits per heavy atom. The Morgan fingerprint density at radius 1 is 1.33 bits per heavy atom. The molecule has 2 aromatic rings. The van der Waals surface area contributed by atoms with E-state index in [1.54, 1.807) is 24.3 Å². The number of carbonyl (C=O) groups excluding carboxylic acids is 1. The van der Waals surface area contributed by atoms with E-state index in [1.807, 2.05) is 0 Å². The van der Waals surface area contributed by atoms with Gasteiger partial charge in [0.1, 0.15) is 0 Å². The molecule has 0 bridgehead atoms. The Labute approximate surface area is 125 Å². The maximum absolute atomic E-state index is 12.0. The van der Waals surface area contributed by atoms with Crippen LogP contribution in [0.1, 0.15) is 5.69 Å². The summed E-state index contributed by atoms with van der Waals surface area (Å²) in [6.07, 6.45) is 1.64. The highest BCUT2D eigenvalue weighted by Gasteiger charge is 2.17. The fourth-order valence-corrected chi connectivity index (χ4v) is 2.11. The van der Waals surface area contributed by atoms with Crippen molar-refractivity contribution < 1.29 is 14.3 Å². The van der Waals surface area contributed by atoms with Crippen LogP contribution >= 0.6 is 11.6 Å². The van der Waals surface area contributed by atoms with Gasteiger partial charge in [-0.3, -0.25) is 9.78 Å². The molecule has 3 N–H and O–H groups in total. The van der Waals surface area contributed by atoms with E-state index in [1.165, 1.54) is 6.20 Å². The van der Waals surface area contributed by atoms with Crippen LogP contribution in [-0.4, -0.2) is 17.7 Å². The first kappa shape index (κ1) is 13.5. The van der Waals surface area contributed by atoms with Crippen LogP contribution < -0.4 is 20.5 Å². The Balaban J connectivity index is 1.71. The molecule has 0 fully saturated rings. The number of benzene rings is 1. The zero-order valence-corrected chi connectivity index (χ0v) is 11.7. The fraction of sp³-hybridized carbons (Fsp3) is 0.143. The van der Waals surface area contributed by atoms with Crippen molar-refractivity contribution in [3.8, 4) is 11.5 Å². The number of amides is 1. The van der Waals surface area contributed by atoms with Crippen LogP contribution in [0.4, 0.5) is 11.4 Å². The molecule has 0 radical (unpaired) electrons. The summed E-state index contributed by atoms with van der Waals surface area (Å²) in [6.45, 7) is 0.151. The molecule has 7 heteroatoms. The van der Waals surface area contributed by atoms with E-state index in [0.29, 0.717) is 33.6 Å². The molecule has 1 amide bonds. The molecular weight excluding hydrogens is 294 g/mol. The molecule has 1 aromatic heterocycles. The summed E-state index contributed by atoms with van der Waals surface area (Å²) in [4.78, 5) is 16.1. The molecule has 6 nitrogen and oxygen atoms in total. The van der Waals surface area contributed by atoms with Gasteiger partial charge in [-0.25, -0.2) is 0 Å². The van der Waals surface area contributed by atoms with Crippen LogP contribution in [0.15, 0.2) is 30.5 Å². The SMILES string of the molecule is Nc1ccc(CC(=O)Nc2cc3c(cc2Cl)OCO3)nc1. The second kappa shape index (κ2) is 5.49. The number of nitrogens with zero attached hydrogens (tertiary/aromatic N) is 1. The van der Waals surface area contributed by atoms with Gasteiger partial charge in [-0.15, -0.1) is 0 Å². The minimum Gasteiger partial charge on any atom is -0.454 e. The van der Waals surface area contributed by atoms with Gasteiger partial charge in [0.15, 0.2) is 11.5 Å². The predicted molar refractivity (Wildman–Crippen MR) is 78.6 cm³/mol. The molecule has 0 atom stereocenters. The zero-order chi connectivity index (χ0) is 14.8. The number of halogens is 1. The number of rotatable bonds is 3. The number of aromatic nitrogens is 1. The topological polar surface area (TPSA) is 86.5 Å². The first-order chi connectivity index (χ1) is 10.1. The summed E-state index contributed by atoms with van der Waals surface area (Å²) in [6, 6.07) is 6.65. The lowest BCUT2D eigenvalue weighted by Crippen LogP contribution is -2.15. The predicted octanol–water partition coefficient (Wildman–Crippen LogP) is 2.23. The summed E-state index contributed by atoms with van der Waals surface area (Å²) in [5.74, 6) is 0.895. The number of ether oxygens (including phenoxy) is 2. The van der Waals surface area contributed by atoms with Crippen molar-refractivity contribution >= 4 is 28.9 Å². The lowest BCUT2D eigenvalue weighted by Gasteiger charge is -2.08. The first-order valence-electron chi connectivity index (χ1n) is 6.21. The molecule has 1 aromatic carbocycles. The van der Waals surface area contributed by atoms with Crippen LogP contribution in [0.5, 0.6) is 11.5 Å². The van der Waals surface area contributed by atoms with Gasteiger partial charge in [0.05, 0.1) is 29.0 Å². The van der Waals surface area contributed by atoms with Crippen molar-refractivity contribution in [3.05, 3.63) is 41.2 Å². The van der Waals surface area contributed by atoms with E-state index < -0.39 is 0 Å². The van der Waals surface area contributed by atoms with Crippen LogP contribution in [0.2, 0.25) is 5.02 Å². The number of pyridine rings is 1. The molecule has 0 spiro atoms. The monoisotopic (exact) mass is 305 g/mol. The summed E-state index contributed by atoms with van der Waals surface area (Å²) < 4.78 is 10.5. The van der Waals surface area contributed by atoms with E-state index in [4.69, 9.17) is 26.8 Å². The normalized spacial score (nSPS) is 12.2. The molecule has 0 saturated heterocycles. The lowest BCUT2D eigenvalue weighted by molar-refractivity contribution is -0.115. The Hall–Kier alpha value is -2.47. The molecule has 0 unspecified atom stereocenters. The Kier molecular flexibility index (Phi) is 3.53. The number of carbonyl (C=O) groups is 1. The van der Waals surface area contributed by atoms with E-state index in [-0.39, 0.29) is 19.1 Å². The maximum Gasteiger partial charge on any atom is 0.231 e. The highest BCUT2D eigenvalue weighted by atomic mass is 35.5. The highest BCUT2D eigenvalue weighted by Crippen LogP contribution is 2.39. The number of nitrogen functional groups attached to an aromatic ring is 1. The average molecular weight is 306 g/mol. The Morgan fingerprint density at radius 2 is 2.10 bits per heavy atom.